The zero-order valence-electron chi connectivity index (χ0n) is 19.8. The summed E-state index contributed by atoms with van der Waals surface area (Å²) in [5.41, 5.74) is 1.72. The van der Waals surface area contributed by atoms with Gasteiger partial charge in [-0.25, -0.2) is 0 Å². The van der Waals surface area contributed by atoms with E-state index in [4.69, 9.17) is 0 Å². The Morgan fingerprint density at radius 3 is 2.60 bits per heavy atom. The van der Waals surface area contributed by atoms with Crippen molar-refractivity contribution in [2.24, 2.45) is 5.92 Å². The maximum atomic E-state index is 13.0. The minimum atomic E-state index is -0.420. The fraction of sp³-hybridized carbons (Fsp3) is 0.500. The number of amides is 4. The Balaban J connectivity index is 1.25. The van der Waals surface area contributed by atoms with E-state index in [1.54, 1.807) is 17.0 Å². The fourth-order valence-corrected chi connectivity index (χ4v) is 5.01. The van der Waals surface area contributed by atoms with E-state index in [0.29, 0.717) is 57.5 Å². The van der Waals surface area contributed by atoms with Crippen LogP contribution in [0.1, 0.15) is 57.3 Å². The van der Waals surface area contributed by atoms with Crippen LogP contribution in [0.3, 0.4) is 0 Å². The van der Waals surface area contributed by atoms with Gasteiger partial charge in [-0.1, -0.05) is 29.0 Å². The Morgan fingerprint density at radius 1 is 1.09 bits per heavy atom. The molecule has 2 aliphatic heterocycles. The van der Waals surface area contributed by atoms with Gasteiger partial charge in [-0.3, -0.25) is 19.2 Å². The topological polar surface area (TPSA) is 125 Å². The molecule has 1 aromatic heterocycles. The number of carbonyl (C=O) groups excluding carboxylic acids is 4. The second-order valence-electron chi connectivity index (χ2n) is 8.95. The molecule has 0 bridgehead atoms. The van der Waals surface area contributed by atoms with Gasteiger partial charge in [-0.05, 0) is 44.7 Å². The van der Waals surface area contributed by atoms with E-state index in [-0.39, 0.29) is 33.7 Å². The van der Waals surface area contributed by atoms with Crippen molar-refractivity contribution in [3.05, 3.63) is 39.8 Å². The highest BCUT2D eigenvalue weighted by Crippen LogP contribution is 2.21. The van der Waals surface area contributed by atoms with Crippen LogP contribution >= 0.6 is 11.3 Å². The van der Waals surface area contributed by atoms with E-state index in [9.17, 15) is 19.2 Å². The van der Waals surface area contributed by atoms with Crippen molar-refractivity contribution in [1.29, 1.82) is 0 Å². The minimum Gasteiger partial charge on any atom is -0.356 e. The highest BCUT2D eigenvalue weighted by Gasteiger charge is 2.31. The molecule has 4 rings (SSSR count). The lowest BCUT2D eigenvalue weighted by atomic mass is 9.97. The van der Waals surface area contributed by atoms with Crippen molar-refractivity contribution in [3.8, 4) is 0 Å². The molecule has 3 heterocycles. The van der Waals surface area contributed by atoms with Crippen LogP contribution < -0.4 is 10.6 Å². The van der Waals surface area contributed by atoms with Gasteiger partial charge in [-0.2, -0.15) is 0 Å². The number of benzene rings is 1. The predicted octanol–water partition coefficient (Wildman–Crippen LogP) is 2.08. The largest absolute Gasteiger partial charge is 0.356 e. The average molecular weight is 499 g/mol. The summed E-state index contributed by atoms with van der Waals surface area (Å²) in [6.07, 6.45) is 3.66. The first kappa shape index (κ1) is 24.8. The molecule has 2 aliphatic rings. The SMILES string of the molecule is Cc1ccc(NC(=O)c2nnc(C(=O)N3CCCC(C(=O)NCCCN4CCCC4=O)C3)s2)cc1. The Hall–Kier alpha value is -3.34. The molecule has 4 amide bonds. The molecule has 0 saturated carbocycles. The number of likely N-dealkylation sites (tertiary alicyclic amines) is 2. The Bertz CT molecular complexity index is 1090. The van der Waals surface area contributed by atoms with Crippen LogP contribution in [0.5, 0.6) is 0 Å². The van der Waals surface area contributed by atoms with E-state index in [0.717, 1.165) is 29.9 Å². The number of anilines is 1. The maximum Gasteiger partial charge on any atom is 0.286 e. The van der Waals surface area contributed by atoms with Gasteiger partial charge in [0.2, 0.25) is 21.8 Å². The summed E-state index contributed by atoms with van der Waals surface area (Å²) in [6, 6.07) is 7.38. The van der Waals surface area contributed by atoms with Gasteiger partial charge in [-0.15, -0.1) is 10.2 Å². The van der Waals surface area contributed by atoms with Gasteiger partial charge >= 0.3 is 0 Å². The van der Waals surface area contributed by atoms with Crippen molar-refractivity contribution in [3.63, 3.8) is 0 Å². The van der Waals surface area contributed by atoms with Crippen LogP contribution in [0.25, 0.3) is 0 Å². The summed E-state index contributed by atoms with van der Waals surface area (Å²) in [5, 5.41) is 13.8. The summed E-state index contributed by atoms with van der Waals surface area (Å²) in [6.45, 7) is 4.76. The van der Waals surface area contributed by atoms with Crippen LogP contribution in [0.15, 0.2) is 24.3 Å². The fourth-order valence-electron chi connectivity index (χ4n) is 4.30. The summed E-state index contributed by atoms with van der Waals surface area (Å²) in [7, 11) is 0. The van der Waals surface area contributed by atoms with Gasteiger partial charge in [0.1, 0.15) is 0 Å². The third-order valence-corrected chi connectivity index (χ3v) is 7.18. The molecule has 10 nitrogen and oxygen atoms in total. The molecule has 1 atom stereocenters. The van der Waals surface area contributed by atoms with E-state index in [2.05, 4.69) is 20.8 Å². The van der Waals surface area contributed by atoms with Crippen LogP contribution in [0.4, 0.5) is 5.69 Å². The van der Waals surface area contributed by atoms with Gasteiger partial charge < -0.3 is 20.4 Å². The van der Waals surface area contributed by atoms with Gasteiger partial charge in [0.05, 0.1) is 5.92 Å². The first-order valence-electron chi connectivity index (χ1n) is 12.0. The van der Waals surface area contributed by atoms with E-state index >= 15 is 0 Å². The highest BCUT2D eigenvalue weighted by molar-refractivity contribution is 7.15. The lowest BCUT2D eigenvalue weighted by Crippen LogP contribution is -2.45. The van der Waals surface area contributed by atoms with Crippen LogP contribution in [0.2, 0.25) is 0 Å². The number of nitrogens with zero attached hydrogens (tertiary/aromatic N) is 4. The summed E-state index contributed by atoms with van der Waals surface area (Å²) in [5.74, 6) is -0.923. The second kappa shape index (κ2) is 11.4. The molecule has 186 valence electrons. The first-order valence-corrected chi connectivity index (χ1v) is 12.8. The predicted molar refractivity (Wildman–Crippen MR) is 131 cm³/mol. The molecule has 11 heteroatoms. The molecule has 0 spiro atoms. The third-order valence-electron chi connectivity index (χ3n) is 6.27. The van der Waals surface area contributed by atoms with Crippen molar-refractivity contribution in [1.82, 2.24) is 25.3 Å². The monoisotopic (exact) mass is 498 g/mol. The zero-order valence-corrected chi connectivity index (χ0v) is 20.6. The standard InChI is InChI=1S/C24H30N6O4S/c1-16-7-9-18(10-8-16)26-21(33)22-27-28-23(35-22)24(34)30-13-2-5-17(15-30)20(32)25-11-4-14-29-12-3-6-19(29)31/h7-10,17H,2-6,11-15H2,1H3,(H,25,32)(H,26,33). The molecular formula is C24H30N6O4S. The van der Waals surface area contributed by atoms with Crippen LogP contribution in [-0.2, 0) is 9.59 Å². The van der Waals surface area contributed by atoms with Gasteiger partial charge in [0.15, 0.2) is 0 Å². The Morgan fingerprint density at radius 2 is 1.86 bits per heavy atom. The van der Waals surface area contributed by atoms with Crippen molar-refractivity contribution in [2.75, 3.05) is 38.0 Å². The van der Waals surface area contributed by atoms with E-state index < -0.39 is 5.91 Å². The molecule has 35 heavy (non-hydrogen) atoms. The molecule has 1 unspecified atom stereocenters. The summed E-state index contributed by atoms with van der Waals surface area (Å²) in [4.78, 5) is 53.2. The lowest BCUT2D eigenvalue weighted by Gasteiger charge is -2.31. The zero-order chi connectivity index (χ0) is 24.8. The summed E-state index contributed by atoms with van der Waals surface area (Å²) >= 11 is 0.946. The van der Waals surface area contributed by atoms with Crippen molar-refractivity contribution >= 4 is 40.7 Å². The number of nitrogens with one attached hydrogen (secondary N) is 2. The third kappa shape index (κ3) is 6.41. The summed E-state index contributed by atoms with van der Waals surface area (Å²) < 4.78 is 0. The maximum absolute atomic E-state index is 13.0. The lowest BCUT2D eigenvalue weighted by molar-refractivity contribution is -0.127. The highest BCUT2D eigenvalue weighted by atomic mass is 32.1. The number of aryl methyl sites for hydroxylation is 1. The molecule has 0 radical (unpaired) electrons. The number of rotatable bonds is 8. The molecule has 1 aromatic carbocycles. The van der Waals surface area contributed by atoms with Gasteiger partial charge in [0, 0.05) is 44.8 Å². The molecular weight excluding hydrogens is 468 g/mol. The van der Waals surface area contributed by atoms with Crippen molar-refractivity contribution in [2.45, 2.75) is 39.0 Å². The Labute approximate surface area is 208 Å². The van der Waals surface area contributed by atoms with Crippen LogP contribution in [0, 0.1) is 12.8 Å². The number of hydrogen-bond donors (Lipinski definition) is 2. The van der Waals surface area contributed by atoms with Crippen molar-refractivity contribution < 1.29 is 19.2 Å². The number of hydrogen-bond acceptors (Lipinski definition) is 7. The van der Waals surface area contributed by atoms with E-state index in [1.165, 1.54) is 0 Å². The normalized spacial score (nSPS) is 18.0. The molecule has 0 aliphatic carbocycles. The second-order valence-corrected chi connectivity index (χ2v) is 9.93. The molecule has 2 N–H and O–H groups in total. The smallest absolute Gasteiger partial charge is 0.286 e. The quantitative estimate of drug-likeness (QED) is 0.537. The minimum absolute atomic E-state index is 0.0781. The first-order chi connectivity index (χ1) is 16.9. The van der Waals surface area contributed by atoms with Crippen LogP contribution in [-0.4, -0.2) is 76.3 Å². The number of piperidine rings is 1. The Kier molecular flexibility index (Phi) is 8.06. The number of carbonyl (C=O) groups is 4. The molecule has 2 saturated heterocycles. The number of aromatic nitrogens is 2. The van der Waals surface area contributed by atoms with Gasteiger partial charge in [0.25, 0.3) is 11.8 Å². The van der Waals surface area contributed by atoms with E-state index in [1.807, 2.05) is 24.0 Å². The molecule has 2 aromatic rings. The average Bonchev–Trinajstić information content (AvgIpc) is 3.52. The molecule has 2 fully saturated rings.